The van der Waals surface area contributed by atoms with Gasteiger partial charge in [0, 0.05) is 26.1 Å². The Morgan fingerprint density at radius 3 is 2.85 bits per heavy atom. The van der Waals surface area contributed by atoms with Gasteiger partial charge in [-0.1, -0.05) is 0 Å². The Morgan fingerprint density at radius 2 is 2.15 bits per heavy atom. The molecular formula is C15H25NO4. The number of piperidine rings is 1. The topological polar surface area (TPSA) is 55.8 Å². The van der Waals surface area contributed by atoms with Crippen molar-refractivity contribution in [3.8, 4) is 0 Å². The van der Waals surface area contributed by atoms with Crippen LogP contribution < -0.4 is 0 Å². The maximum Gasteiger partial charge on any atom is 0.310 e. The number of ether oxygens (including phenoxy) is 2. The largest absolute Gasteiger partial charge is 0.466 e. The van der Waals surface area contributed by atoms with E-state index in [2.05, 4.69) is 0 Å². The summed E-state index contributed by atoms with van der Waals surface area (Å²) >= 11 is 0. The second-order valence-corrected chi connectivity index (χ2v) is 5.60. The van der Waals surface area contributed by atoms with E-state index in [-0.39, 0.29) is 23.9 Å². The smallest absolute Gasteiger partial charge is 0.310 e. The monoisotopic (exact) mass is 283 g/mol. The van der Waals surface area contributed by atoms with E-state index in [1.807, 2.05) is 11.8 Å². The van der Waals surface area contributed by atoms with Gasteiger partial charge in [-0.25, -0.2) is 0 Å². The molecule has 2 aliphatic rings. The van der Waals surface area contributed by atoms with E-state index in [4.69, 9.17) is 9.47 Å². The molecule has 0 radical (unpaired) electrons. The van der Waals surface area contributed by atoms with Gasteiger partial charge in [-0.3, -0.25) is 9.59 Å². The van der Waals surface area contributed by atoms with Gasteiger partial charge in [-0.15, -0.1) is 0 Å². The van der Waals surface area contributed by atoms with Gasteiger partial charge in [0.1, 0.15) is 0 Å². The number of hydrogen-bond acceptors (Lipinski definition) is 4. The van der Waals surface area contributed by atoms with Gasteiger partial charge in [0.05, 0.1) is 18.6 Å². The molecule has 1 unspecified atom stereocenters. The molecule has 0 aromatic rings. The Balaban J connectivity index is 1.75. The lowest BCUT2D eigenvalue weighted by Crippen LogP contribution is -2.43. The first-order chi connectivity index (χ1) is 9.70. The fourth-order valence-electron chi connectivity index (χ4n) is 2.97. The van der Waals surface area contributed by atoms with Crippen LogP contribution in [0.25, 0.3) is 0 Å². The molecule has 5 nitrogen and oxygen atoms in total. The van der Waals surface area contributed by atoms with Crippen molar-refractivity contribution in [3.63, 3.8) is 0 Å². The molecule has 2 aliphatic heterocycles. The van der Waals surface area contributed by atoms with Gasteiger partial charge in [-0.05, 0) is 39.0 Å². The normalized spacial score (nSPS) is 26.6. The van der Waals surface area contributed by atoms with E-state index in [9.17, 15) is 9.59 Å². The summed E-state index contributed by atoms with van der Waals surface area (Å²) < 4.78 is 10.6. The fraction of sp³-hybridized carbons (Fsp3) is 0.867. The molecule has 0 spiro atoms. The summed E-state index contributed by atoms with van der Waals surface area (Å²) in [5.74, 6) is -0.158. The molecule has 2 atom stereocenters. The van der Waals surface area contributed by atoms with Crippen molar-refractivity contribution < 1.29 is 19.1 Å². The molecule has 0 N–H and O–H groups in total. The highest BCUT2D eigenvalue weighted by Crippen LogP contribution is 2.21. The molecule has 114 valence electrons. The van der Waals surface area contributed by atoms with Crippen LogP contribution in [0.1, 0.15) is 45.4 Å². The van der Waals surface area contributed by atoms with E-state index in [0.717, 1.165) is 45.3 Å². The second-order valence-electron chi connectivity index (χ2n) is 5.60. The molecule has 0 aliphatic carbocycles. The average molecular weight is 283 g/mol. The van der Waals surface area contributed by atoms with E-state index in [1.165, 1.54) is 0 Å². The molecule has 0 aromatic carbocycles. The predicted molar refractivity (Wildman–Crippen MR) is 74.1 cm³/mol. The fourth-order valence-corrected chi connectivity index (χ4v) is 2.97. The molecule has 2 heterocycles. The van der Waals surface area contributed by atoms with Crippen LogP contribution in [0.4, 0.5) is 0 Å². The lowest BCUT2D eigenvalue weighted by Gasteiger charge is -2.31. The van der Waals surface area contributed by atoms with Gasteiger partial charge in [0.15, 0.2) is 0 Å². The number of amides is 1. The molecule has 0 aromatic heterocycles. The minimum atomic E-state index is -0.163. The standard InChI is InChI=1S/C15H25NO4/c1-2-19-15(18)12-5-3-9-16(11-12)14(17)8-7-13-6-4-10-20-13/h12-13H,2-11H2,1H3/t12-,13?/m1/s1. The van der Waals surface area contributed by atoms with Crippen molar-refractivity contribution >= 4 is 11.9 Å². The lowest BCUT2D eigenvalue weighted by molar-refractivity contribution is -0.151. The number of rotatable bonds is 5. The Hall–Kier alpha value is -1.10. The van der Waals surface area contributed by atoms with Crippen molar-refractivity contribution in [3.05, 3.63) is 0 Å². The summed E-state index contributed by atoms with van der Waals surface area (Å²) in [6.45, 7) is 4.32. The summed E-state index contributed by atoms with van der Waals surface area (Å²) in [4.78, 5) is 25.8. The van der Waals surface area contributed by atoms with Crippen LogP contribution in [0.2, 0.25) is 0 Å². The van der Waals surface area contributed by atoms with Gasteiger partial charge >= 0.3 is 5.97 Å². The highest BCUT2D eigenvalue weighted by atomic mass is 16.5. The summed E-state index contributed by atoms with van der Waals surface area (Å²) in [7, 11) is 0. The average Bonchev–Trinajstić information content (AvgIpc) is 2.98. The number of hydrogen-bond donors (Lipinski definition) is 0. The first-order valence-corrected chi connectivity index (χ1v) is 7.76. The molecule has 1 amide bonds. The molecule has 0 saturated carbocycles. The van der Waals surface area contributed by atoms with Crippen LogP contribution >= 0.6 is 0 Å². The third kappa shape index (κ3) is 4.20. The highest BCUT2D eigenvalue weighted by Gasteiger charge is 2.29. The van der Waals surface area contributed by atoms with Crippen molar-refractivity contribution in [1.82, 2.24) is 4.90 Å². The quantitative estimate of drug-likeness (QED) is 0.721. The minimum Gasteiger partial charge on any atom is -0.466 e. The van der Waals surface area contributed by atoms with Gasteiger partial charge < -0.3 is 14.4 Å². The molecule has 5 heteroatoms. The lowest BCUT2D eigenvalue weighted by atomic mass is 9.97. The molecule has 0 bridgehead atoms. The highest BCUT2D eigenvalue weighted by molar-refractivity contribution is 5.78. The van der Waals surface area contributed by atoms with Gasteiger partial charge in [0.2, 0.25) is 5.91 Å². The van der Waals surface area contributed by atoms with Crippen LogP contribution in [-0.2, 0) is 19.1 Å². The Kier molecular flexibility index (Phi) is 5.83. The minimum absolute atomic E-state index is 0.143. The zero-order chi connectivity index (χ0) is 14.4. The Morgan fingerprint density at radius 1 is 1.30 bits per heavy atom. The van der Waals surface area contributed by atoms with Gasteiger partial charge in [0.25, 0.3) is 0 Å². The maximum atomic E-state index is 12.2. The van der Waals surface area contributed by atoms with Crippen LogP contribution in [-0.4, -0.2) is 49.2 Å². The zero-order valence-corrected chi connectivity index (χ0v) is 12.3. The molecule has 2 saturated heterocycles. The van der Waals surface area contributed by atoms with E-state index in [0.29, 0.717) is 19.6 Å². The number of likely N-dealkylation sites (tertiary alicyclic amines) is 1. The number of carbonyl (C=O) groups is 2. The van der Waals surface area contributed by atoms with Gasteiger partial charge in [-0.2, -0.15) is 0 Å². The Bertz CT molecular complexity index is 339. The van der Waals surface area contributed by atoms with Crippen LogP contribution in [0.15, 0.2) is 0 Å². The number of esters is 1. The molecule has 20 heavy (non-hydrogen) atoms. The first kappa shape index (κ1) is 15.3. The summed E-state index contributed by atoms with van der Waals surface area (Å²) in [6.07, 6.45) is 5.47. The Labute approximate surface area is 120 Å². The van der Waals surface area contributed by atoms with Crippen molar-refractivity contribution in [2.75, 3.05) is 26.3 Å². The van der Waals surface area contributed by atoms with Crippen molar-refractivity contribution in [2.45, 2.75) is 51.6 Å². The zero-order valence-electron chi connectivity index (χ0n) is 12.3. The van der Waals surface area contributed by atoms with Crippen molar-refractivity contribution in [1.29, 1.82) is 0 Å². The number of nitrogens with zero attached hydrogens (tertiary/aromatic N) is 1. The van der Waals surface area contributed by atoms with E-state index >= 15 is 0 Å². The summed E-state index contributed by atoms with van der Waals surface area (Å²) in [6, 6.07) is 0. The molecule has 2 rings (SSSR count). The van der Waals surface area contributed by atoms with E-state index < -0.39 is 0 Å². The van der Waals surface area contributed by atoms with Crippen LogP contribution in [0, 0.1) is 5.92 Å². The second kappa shape index (κ2) is 7.62. The third-order valence-corrected chi connectivity index (χ3v) is 4.10. The predicted octanol–water partition coefficient (Wildman–Crippen LogP) is 1.75. The molecule has 2 fully saturated rings. The molecular weight excluding hydrogens is 258 g/mol. The SMILES string of the molecule is CCOC(=O)[C@@H]1CCCN(C(=O)CCC2CCCO2)C1. The van der Waals surface area contributed by atoms with Crippen LogP contribution in [0.5, 0.6) is 0 Å². The van der Waals surface area contributed by atoms with E-state index in [1.54, 1.807) is 0 Å². The first-order valence-electron chi connectivity index (χ1n) is 7.76. The maximum absolute atomic E-state index is 12.2. The number of carbonyl (C=O) groups excluding carboxylic acids is 2. The summed E-state index contributed by atoms with van der Waals surface area (Å²) in [5.41, 5.74) is 0. The van der Waals surface area contributed by atoms with Crippen LogP contribution in [0.3, 0.4) is 0 Å². The summed E-state index contributed by atoms with van der Waals surface area (Å²) in [5, 5.41) is 0. The van der Waals surface area contributed by atoms with Crippen molar-refractivity contribution in [2.24, 2.45) is 5.92 Å². The third-order valence-electron chi connectivity index (χ3n) is 4.10.